The first-order valence-corrected chi connectivity index (χ1v) is 5.22. The zero-order valence-electron chi connectivity index (χ0n) is 8.70. The maximum Gasteiger partial charge on any atom is 0.0692 e. The maximum absolute atomic E-state index is 9.79. The summed E-state index contributed by atoms with van der Waals surface area (Å²) in [7, 11) is 0. The monoisotopic (exact) mass is 187 g/mol. The van der Waals surface area contributed by atoms with Gasteiger partial charge in [0.2, 0.25) is 0 Å². The second kappa shape index (κ2) is 5.58. The van der Waals surface area contributed by atoms with Crippen LogP contribution >= 0.6 is 0 Å². The van der Waals surface area contributed by atoms with Crippen molar-refractivity contribution in [1.82, 2.24) is 4.90 Å². The molecule has 0 aromatic rings. The lowest BCUT2D eigenvalue weighted by atomic mass is 10.0. The predicted octanol–water partition coefficient (Wildman–Crippen LogP) is 0.726. The Morgan fingerprint density at radius 3 is 2.54 bits per heavy atom. The Kier molecular flexibility index (Phi) is 4.70. The van der Waals surface area contributed by atoms with E-state index in [2.05, 4.69) is 18.7 Å². The van der Waals surface area contributed by atoms with Crippen LogP contribution in [0.3, 0.4) is 0 Å². The minimum Gasteiger partial charge on any atom is -0.392 e. The molecular weight excluding hydrogens is 166 g/mol. The van der Waals surface area contributed by atoms with Gasteiger partial charge in [0.15, 0.2) is 0 Å². The third-order valence-electron chi connectivity index (χ3n) is 2.85. The van der Waals surface area contributed by atoms with Crippen molar-refractivity contribution in [2.45, 2.75) is 26.4 Å². The molecule has 0 radical (unpaired) electrons. The number of rotatable bonds is 4. The minimum atomic E-state index is -0.178. The van der Waals surface area contributed by atoms with Gasteiger partial charge in [-0.25, -0.2) is 0 Å². The third kappa shape index (κ3) is 3.63. The zero-order valence-corrected chi connectivity index (χ0v) is 8.70. The molecule has 3 nitrogen and oxygen atoms in total. The van der Waals surface area contributed by atoms with Gasteiger partial charge in [-0.2, -0.15) is 0 Å². The highest BCUT2D eigenvalue weighted by atomic mass is 16.5. The van der Waals surface area contributed by atoms with Gasteiger partial charge in [-0.05, 0) is 5.92 Å². The van der Waals surface area contributed by atoms with E-state index in [9.17, 15) is 5.11 Å². The molecule has 0 amide bonds. The average molecular weight is 187 g/mol. The Labute approximate surface area is 80.7 Å². The van der Waals surface area contributed by atoms with Gasteiger partial charge in [0, 0.05) is 19.6 Å². The fraction of sp³-hybridized carbons (Fsp3) is 1.00. The van der Waals surface area contributed by atoms with E-state index >= 15 is 0 Å². The van der Waals surface area contributed by atoms with Crippen LogP contribution in [0.25, 0.3) is 0 Å². The highest BCUT2D eigenvalue weighted by Crippen LogP contribution is 2.09. The van der Waals surface area contributed by atoms with Crippen molar-refractivity contribution < 1.29 is 9.84 Å². The third-order valence-corrected chi connectivity index (χ3v) is 2.85. The molecule has 1 heterocycles. The van der Waals surface area contributed by atoms with E-state index < -0.39 is 0 Å². The van der Waals surface area contributed by atoms with Crippen LogP contribution in [0.1, 0.15) is 20.3 Å². The Hall–Kier alpha value is -0.120. The summed E-state index contributed by atoms with van der Waals surface area (Å²) in [5.41, 5.74) is 0. The van der Waals surface area contributed by atoms with Crippen molar-refractivity contribution in [3.05, 3.63) is 0 Å². The van der Waals surface area contributed by atoms with E-state index in [-0.39, 0.29) is 6.10 Å². The number of aliphatic hydroxyl groups is 1. The fourth-order valence-electron chi connectivity index (χ4n) is 1.50. The van der Waals surface area contributed by atoms with Crippen LogP contribution in [0.5, 0.6) is 0 Å². The molecule has 0 aromatic carbocycles. The number of β-amino-alcohol motifs (C(OH)–C–C–N with tert-alkyl or cyclic N) is 1. The first-order chi connectivity index (χ1) is 6.24. The summed E-state index contributed by atoms with van der Waals surface area (Å²) in [4.78, 5) is 2.28. The van der Waals surface area contributed by atoms with Gasteiger partial charge < -0.3 is 9.84 Å². The molecule has 0 bridgehead atoms. The quantitative estimate of drug-likeness (QED) is 0.704. The van der Waals surface area contributed by atoms with Crippen LogP contribution in [0.15, 0.2) is 0 Å². The molecule has 1 saturated heterocycles. The van der Waals surface area contributed by atoms with Gasteiger partial charge >= 0.3 is 0 Å². The molecule has 1 rings (SSSR count). The van der Waals surface area contributed by atoms with Crippen molar-refractivity contribution >= 4 is 0 Å². The van der Waals surface area contributed by atoms with Gasteiger partial charge in [0.05, 0.1) is 19.3 Å². The Bertz CT molecular complexity index is 135. The zero-order chi connectivity index (χ0) is 9.68. The lowest BCUT2D eigenvalue weighted by Crippen LogP contribution is -2.42. The molecule has 0 spiro atoms. The molecule has 0 saturated carbocycles. The predicted molar refractivity (Wildman–Crippen MR) is 52.7 cm³/mol. The number of hydrogen-bond acceptors (Lipinski definition) is 3. The highest BCUT2D eigenvalue weighted by Gasteiger charge is 2.18. The van der Waals surface area contributed by atoms with Crippen molar-refractivity contribution in [2.24, 2.45) is 5.92 Å². The van der Waals surface area contributed by atoms with E-state index in [0.29, 0.717) is 5.92 Å². The summed E-state index contributed by atoms with van der Waals surface area (Å²) in [6.45, 7) is 8.58. The number of ether oxygens (including phenoxy) is 1. The van der Waals surface area contributed by atoms with Crippen LogP contribution in [-0.4, -0.2) is 49.0 Å². The lowest BCUT2D eigenvalue weighted by Gasteiger charge is -2.30. The van der Waals surface area contributed by atoms with Crippen molar-refractivity contribution in [3.8, 4) is 0 Å². The molecule has 2 atom stereocenters. The normalized spacial score (nSPS) is 24.2. The standard InChI is InChI=1S/C10H21NO2/c1-3-9(2)10(12)8-11-4-6-13-7-5-11/h9-10,12H,3-8H2,1-2H3/t9?,10-/m0/s1. The van der Waals surface area contributed by atoms with Gasteiger partial charge in [0.1, 0.15) is 0 Å². The number of aliphatic hydroxyl groups excluding tert-OH is 1. The molecule has 78 valence electrons. The fourth-order valence-corrected chi connectivity index (χ4v) is 1.50. The summed E-state index contributed by atoms with van der Waals surface area (Å²) in [5.74, 6) is 0.405. The molecule has 1 aliphatic heterocycles. The van der Waals surface area contributed by atoms with E-state index in [0.717, 1.165) is 39.3 Å². The number of hydrogen-bond donors (Lipinski definition) is 1. The molecule has 0 aromatic heterocycles. The van der Waals surface area contributed by atoms with E-state index in [1.165, 1.54) is 0 Å². The Morgan fingerprint density at radius 2 is 2.00 bits per heavy atom. The molecule has 0 aliphatic carbocycles. The number of morpholine rings is 1. The molecule has 13 heavy (non-hydrogen) atoms. The summed E-state index contributed by atoms with van der Waals surface area (Å²) in [5, 5.41) is 9.79. The summed E-state index contributed by atoms with van der Waals surface area (Å²) in [6, 6.07) is 0. The van der Waals surface area contributed by atoms with E-state index in [1.54, 1.807) is 0 Å². The molecule has 3 heteroatoms. The van der Waals surface area contributed by atoms with Crippen molar-refractivity contribution in [3.63, 3.8) is 0 Å². The Balaban J connectivity index is 2.21. The molecule has 1 N–H and O–H groups in total. The van der Waals surface area contributed by atoms with Gasteiger partial charge in [-0.15, -0.1) is 0 Å². The van der Waals surface area contributed by atoms with Gasteiger partial charge in [-0.1, -0.05) is 20.3 Å². The maximum atomic E-state index is 9.79. The number of nitrogens with zero attached hydrogens (tertiary/aromatic N) is 1. The molecule has 1 fully saturated rings. The van der Waals surface area contributed by atoms with Gasteiger partial charge in [0.25, 0.3) is 0 Å². The SMILES string of the molecule is CCC(C)[C@@H](O)CN1CCOCC1. The summed E-state index contributed by atoms with van der Waals surface area (Å²) < 4.78 is 5.24. The van der Waals surface area contributed by atoms with Crippen molar-refractivity contribution in [1.29, 1.82) is 0 Å². The smallest absolute Gasteiger partial charge is 0.0692 e. The average Bonchev–Trinajstić information content (AvgIpc) is 2.18. The molecule has 1 unspecified atom stereocenters. The first kappa shape index (κ1) is 11.0. The second-order valence-corrected chi connectivity index (χ2v) is 3.87. The highest BCUT2D eigenvalue weighted by molar-refractivity contribution is 4.70. The topological polar surface area (TPSA) is 32.7 Å². The van der Waals surface area contributed by atoms with E-state index in [4.69, 9.17) is 4.74 Å². The van der Waals surface area contributed by atoms with E-state index in [1.807, 2.05) is 0 Å². The minimum absolute atomic E-state index is 0.178. The van der Waals surface area contributed by atoms with Crippen LogP contribution in [-0.2, 0) is 4.74 Å². The molecule has 1 aliphatic rings. The summed E-state index contributed by atoms with van der Waals surface area (Å²) >= 11 is 0. The van der Waals surface area contributed by atoms with Gasteiger partial charge in [-0.3, -0.25) is 4.90 Å². The Morgan fingerprint density at radius 1 is 1.38 bits per heavy atom. The first-order valence-electron chi connectivity index (χ1n) is 5.22. The largest absolute Gasteiger partial charge is 0.392 e. The summed E-state index contributed by atoms with van der Waals surface area (Å²) in [6.07, 6.45) is 0.869. The van der Waals surface area contributed by atoms with Crippen LogP contribution in [0.4, 0.5) is 0 Å². The second-order valence-electron chi connectivity index (χ2n) is 3.87. The van der Waals surface area contributed by atoms with Crippen molar-refractivity contribution in [2.75, 3.05) is 32.8 Å². The van der Waals surface area contributed by atoms with Crippen LogP contribution in [0, 0.1) is 5.92 Å². The van der Waals surface area contributed by atoms with Crippen LogP contribution < -0.4 is 0 Å². The molecular formula is C10H21NO2. The van der Waals surface area contributed by atoms with Crippen LogP contribution in [0.2, 0.25) is 0 Å². The lowest BCUT2D eigenvalue weighted by molar-refractivity contribution is 0.00253.